The summed E-state index contributed by atoms with van der Waals surface area (Å²) in [7, 11) is 3.13. The molecule has 0 aliphatic carbocycles. The Bertz CT molecular complexity index is 376. The number of hydrogen-bond donors (Lipinski definition) is 1. The average Bonchev–Trinajstić information content (AvgIpc) is 2.91. The number of hydrogen-bond acceptors (Lipinski definition) is 5. The van der Waals surface area contributed by atoms with Crippen LogP contribution in [0.3, 0.4) is 0 Å². The summed E-state index contributed by atoms with van der Waals surface area (Å²) in [5.74, 6) is -0.197. The van der Waals surface area contributed by atoms with E-state index in [-0.39, 0.29) is 17.6 Å². The zero-order chi connectivity index (χ0) is 14.3. The molecule has 1 heterocycles. The van der Waals surface area contributed by atoms with Crippen LogP contribution in [0.4, 0.5) is 0 Å². The van der Waals surface area contributed by atoms with Crippen LogP contribution < -0.4 is 5.32 Å². The first-order chi connectivity index (χ1) is 8.98. The van der Waals surface area contributed by atoms with Crippen LogP contribution in [0.1, 0.15) is 37.6 Å². The van der Waals surface area contributed by atoms with E-state index in [2.05, 4.69) is 19.2 Å². The van der Waals surface area contributed by atoms with Crippen LogP contribution in [0.2, 0.25) is 0 Å². The van der Waals surface area contributed by atoms with Crippen molar-refractivity contribution in [3.8, 4) is 0 Å². The third-order valence-corrected chi connectivity index (χ3v) is 4.14. The molecule has 1 aromatic heterocycles. The molecule has 0 saturated carbocycles. The Morgan fingerprint density at radius 3 is 2.74 bits per heavy atom. The first kappa shape index (κ1) is 16.1. The maximum absolute atomic E-state index is 11.5. The van der Waals surface area contributed by atoms with Crippen LogP contribution >= 0.6 is 11.3 Å². The van der Waals surface area contributed by atoms with E-state index < -0.39 is 0 Å². The van der Waals surface area contributed by atoms with Gasteiger partial charge in [-0.25, -0.2) is 0 Å². The van der Waals surface area contributed by atoms with Crippen molar-refractivity contribution in [2.45, 2.75) is 38.3 Å². The van der Waals surface area contributed by atoms with Gasteiger partial charge < -0.3 is 14.8 Å². The van der Waals surface area contributed by atoms with Gasteiger partial charge in [-0.3, -0.25) is 4.79 Å². The smallest absolute Gasteiger partial charge is 0.307 e. The number of ether oxygens (including phenoxy) is 2. The third-order valence-electron chi connectivity index (χ3n) is 3.16. The highest BCUT2D eigenvalue weighted by atomic mass is 32.1. The van der Waals surface area contributed by atoms with Gasteiger partial charge in [0.15, 0.2) is 0 Å². The molecule has 1 unspecified atom stereocenters. The number of methoxy groups -OCH3 is 2. The molecule has 0 aliphatic heterocycles. The van der Waals surface area contributed by atoms with Crippen LogP contribution in [-0.4, -0.2) is 32.3 Å². The summed E-state index contributed by atoms with van der Waals surface area (Å²) in [6, 6.07) is 4.04. The van der Waals surface area contributed by atoms with Crippen molar-refractivity contribution in [1.29, 1.82) is 0 Å². The second kappa shape index (κ2) is 7.62. The molecule has 4 nitrogen and oxygen atoms in total. The second-order valence-electron chi connectivity index (χ2n) is 5.02. The minimum absolute atomic E-state index is 0.0140. The fourth-order valence-electron chi connectivity index (χ4n) is 1.66. The minimum Gasteiger partial charge on any atom is -0.469 e. The molecule has 0 amide bonds. The van der Waals surface area contributed by atoms with Crippen LogP contribution in [-0.2, 0) is 14.3 Å². The molecular formula is C14H23NO3S. The maximum atomic E-state index is 11.5. The maximum Gasteiger partial charge on any atom is 0.307 e. The molecule has 0 spiro atoms. The minimum atomic E-state index is -0.197. The number of nitrogens with one attached hydrogen (secondary N) is 1. The fraction of sp³-hybridized carbons (Fsp3) is 0.643. The molecule has 5 heteroatoms. The van der Waals surface area contributed by atoms with E-state index in [1.165, 1.54) is 7.11 Å². The SMILES string of the molecule is COC(=O)CC(NCCC(C)(C)OC)c1cccs1. The normalized spacial score (nSPS) is 13.3. The molecule has 0 bridgehead atoms. The lowest BCUT2D eigenvalue weighted by molar-refractivity contribution is -0.141. The van der Waals surface area contributed by atoms with E-state index in [1.807, 2.05) is 17.5 Å². The molecule has 1 rings (SSSR count). The molecule has 0 aromatic carbocycles. The van der Waals surface area contributed by atoms with Gasteiger partial charge in [0.05, 0.1) is 25.2 Å². The molecule has 0 fully saturated rings. The Hall–Kier alpha value is -0.910. The second-order valence-corrected chi connectivity index (χ2v) is 6.00. The quantitative estimate of drug-likeness (QED) is 0.746. The molecule has 1 atom stereocenters. The standard InChI is InChI=1S/C14H23NO3S/c1-14(2,18-4)7-8-15-11(10-13(16)17-3)12-6-5-9-19-12/h5-6,9,11,15H,7-8,10H2,1-4H3. The van der Waals surface area contributed by atoms with Crippen molar-refractivity contribution >= 4 is 17.3 Å². The first-order valence-corrected chi connectivity index (χ1v) is 7.25. The van der Waals surface area contributed by atoms with E-state index >= 15 is 0 Å². The van der Waals surface area contributed by atoms with Crippen molar-refractivity contribution in [3.05, 3.63) is 22.4 Å². The van der Waals surface area contributed by atoms with Crippen molar-refractivity contribution in [3.63, 3.8) is 0 Å². The van der Waals surface area contributed by atoms with Crippen molar-refractivity contribution in [1.82, 2.24) is 5.32 Å². The molecule has 1 N–H and O–H groups in total. The lowest BCUT2D eigenvalue weighted by Gasteiger charge is -2.24. The molecule has 19 heavy (non-hydrogen) atoms. The molecule has 108 valence electrons. The van der Waals surface area contributed by atoms with Crippen LogP contribution in [0.5, 0.6) is 0 Å². The summed E-state index contributed by atoms with van der Waals surface area (Å²) in [6.45, 7) is 4.89. The van der Waals surface area contributed by atoms with Gasteiger partial charge in [0.25, 0.3) is 0 Å². The highest BCUT2D eigenvalue weighted by Crippen LogP contribution is 2.23. The van der Waals surface area contributed by atoms with Gasteiger partial charge in [0.1, 0.15) is 0 Å². The summed E-state index contributed by atoms with van der Waals surface area (Å²) >= 11 is 1.65. The number of thiophene rings is 1. The van der Waals surface area contributed by atoms with Gasteiger partial charge in [0, 0.05) is 12.0 Å². The summed E-state index contributed by atoms with van der Waals surface area (Å²) in [4.78, 5) is 12.6. The summed E-state index contributed by atoms with van der Waals surface area (Å²) < 4.78 is 10.1. The topological polar surface area (TPSA) is 47.6 Å². The van der Waals surface area contributed by atoms with Gasteiger partial charge in [0.2, 0.25) is 0 Å². The van der Waals surface area contributed by atoms with Crippen LogP contribution in [0.25, 0.3) is 0 Å². The van der Waals surface area contributed by atoms with Crippen molar-refractivity contribution in [2.75, 3.05) is 20.8 Å². The Labute approximate surface area is 119 Å². The summed E-state index contributed by atoms with van der Waals surface area (Å²) in [5.41, 5.74) is -0.154. The predicted molar refractivity (Wildman–Crippen MR) is 77.4 cm³/mol. The van der Waals surface area contributed by atoms with Crippen molar-refractivity contribution < 1.29 is 14.3 Å². The van der Waals surface area contributed by atoms with E-state index in [1.54, 1.807) is 18.4 Å². The lowest BCUT2D eigenvalue weighted by Crippen LogP contribution is -2.31. The average molecular weight is 285 g/mol. The molecule has 0 radical (unpaired) electrons. The van der Waals surface area contributed by atoms with Gasteiger partial charge >= 0.3 is 5.97 Å². The predicted octanol–water partition coefficient (Wildman–Crippen LogP) is 2.76. The third kappa shape index (κ3) is 5.72. The van der Waals surface area contributed by atoms with E-state index in [0.717, 1.165) is 17.8 Å². The zero-order valence-electron chi connectivity index (χ0n) is 12.1. The molecule has 0 aliphatic rings. The Balaban J connectivity index is 2.53. The van der Waals surface area contributed by atoms with E-state index in [9.17, 15) is 4.79 Å². The van der Waals surface area contributed by atoms with Gasteiger partial charge in [-0.15, -0.1) is 11.3 Å². The molecule has 1 aromatic rings. The number of esters is 1. The van der Waals surface area contributed by atoms with Crippen LogP contribution in [0.15, 0.2) is 17.5 Å². The van der Waals surface area contributed by atoms with Gasteiger partial charge in [-0.1, -0.05) is 6.07 Å². The Morgan fingerprint density at radius 2 is 2.21 bits per heavy atom. The highest BCUT2D eigenvalue weighted by Gasteiger charge is 2.20. The Kier molecular flexibility index (Phi) is 6.48. The summed E-state index contributed by atoms with van der Waals surface area (Å²) in [5, 5.41) is 5.42. The molecular weight excluding hydrogens is 262 g/mol. The molecule has 0 saturated heterocycles. The fourth-order valence-corrected chi connectivity index (χ4v) is 2.46. The lowest BCUT2D eigenvalue weighted by atomic mass is 10.0. The highest BCUT2D eigenvalue weighted by molar-refractivity contribution is 7.10. The Morgan fingerprint density at radius 1 is 1.47 bits per heavy atom. The number of rotatable bonds is 8. The zero-order valence-corrected chi connectivity index (χ0v) is 12.9. The van der Waals surface area contributed by atoms with Gasteiger partial charge in [-0.05, 0) is 38.3 Å². The van der Waals surface area contributed by atoms with E-state index in [4.69, 9.17) is 9.47 Å². The number of carbonyl (C=O) groups excluding carboxylic acids is 1. The first-order valence-electron chi connectivity index (χ1n) is 6.37. The van der Waals surface area contributed by atoms with E-state index in [0.29, 0.717) is 6.42 Å². The summed E-state index contributed by atoms with van der Waals surface area (Å²) in [6.07, 6.45) is 1.23. The number of carbonyl (C=O) groups is 1. The monoisotopic (exact) mass is 285 g/mol. The van der Waals surface area contributed by atoms with Crippen molar-refractivity contribution in [2.24, 2.45) is 0 Å². The largest absolute Gasteiger partial charge is 0.469 e. The van der Waals surface area contributed by atoms with Gasteiger partial charge in [-0.2, -0.15) is 0 Å². The van der Waals surface area contributed by atoms with Crippen LogP contribution in [0, 0.1) is 0 Å².